The molecule has 3 aromatic rings. The normalized spacial score (nSPS) is 11.6. The standard InChI is InChI=1S/C18H17N2O3.3C4H9.Sn/c1-11-5-6-13(9-12(11)2)17-19-20-18(23-17)14-7-8-15(21-3)16(10-14)22-4;3*1-3-4-2;/h5,7-10H,1-4H3;3*1,3-4H2,2H3;. The fraction of sp³-hybridized carbons (Fsp3) is 0.533. The van der Waals surface area contributed by atoms with Gasteiger partial charge in [-0.2, -0.15) is 0 Å². The molecule has 0 unspecified atom stereocenters. The van der Waals surface area contributed by atoms with Gasteiger partial charge in [0.15, 0.2) is 0 Å². The van der Waals surface area contributed by atoms with Gasteiger partial charge in [-0.15, -0.1) is 0 Å². The van der Waals surface area contributed by atoms with Gasteiger partial charge in [0, 0.05) is 0 Å². The van der Waals surface area contributed by atoms with Crippen LogP contribution in [0.4, 0.5) is 0 Å². The molecule has 0 aliphatic heterocycles. The Bertz CT molecular complexity index is 1100. The quantitative estimate of drug-likeness (QED) is 0.175. The minimum absolute atomic E-state index is 0.506. The third-order valence-electron chi connectivity index (χ3n) is 7.52. The topological polar surface area (TPSA) is 57.4 Å². The zero-order valence-electron chi connectivity index (χ0n) is 23.4. The first-order chi connectivity index (χ1) is 17.4. The molecule has 1 aromatic heterocycles. The van der Waals surface area contributed by atoms with Crippen molar-refractivity contribution in [3.8, 4) is 34.4 Å². The number of hydrogen-bond acceptors (Lipinski definition) is 5. The van der Waals surface area contributed by atoms with E-state index in [9.17, 15) is 0 Å². The molecule has 0 aliphatic carbocycles. The summed E-state index contributed by atoms with van der Waals surface area (Å²) in [5.74, 6) is 2.48. The summed E-state index contributed by atoms with van der Waals surface area (Å²) >= 11 is -2.75. The Morgan fingerprint density at radius 2 is 1.28 bits per heavy atom. The van der Waals surface area contributed by atoms with Gasteiger partial charge in [-0.1, -0.05) is 0 Å². The van der Waals surface area contributed by atoms with Crippen LogP contribution in [0.1, 0.15) is 70.4 Å². The molecule has 0 saturated carbocycles. The van der Waals surface area contributed by atoms with Crippen LogP contribution in [0.3, 0.4) is 0 Å². The Balaban J connectivity index is 2.14. The molecular formula is C30H44N2O3Sn. The van der Waals surface area contributed by atoms with E-state index >= 15 is 0 Å². The van der Waals surface area contributed by atoms with E-state index in [1.165, 1.54) is 68.5 Å². The maximum atomic E-state index is 6.39. The number of rotatable bonds is 14. The van der Waals surface area contributed by atoms with E-state index in [0.717, 1.165) is 5.56 Å². The van der Waals surface area contributed by atoms with Crippen molar-refractivity contribution in [1.29, 1.82) is 0 Å². The van der Waals surface area contributed by atoms with Gasteiger partial charge in [-0.25, -0.2) is 0 Å². The van der Waals surface area contributed by atoms with Crippen LogP contribution >= 0.6 is 0 Å². The second-order valence-corrected chi connectivity index (χ2v) is 23.2. The summed E-state index contributed by atoms with van der Waals surface area (Å²) in [5, 5.41) is 9.06. The summed E-state index contributed by atoms with van der Waals surface area (Å²) in [4.78, 5) is 0. The molecule has 5 nitrogen and oxygen atoms in total. The van der Waals surface area contributed by atoms with Crippen LogP contribution in [0, 0.1) is 13.8 Å². The van der Waals surface area contributed by atoms with Crippen LogP contribution in [0.25, 0.3) is 22.9 Å². The number of aryl methyl sites for hydroxylation is 2. The fourth-order valence-electron chi connectivity index (χ4n) is 5.17. The van der Waals surface area contributed by atoms with Gasteiger partial charge in [0.2, 0.25) is 0 Å². The molecule has 0 amide bonds. The summed E-state index contributed by atoms with van der Waals surface area (Å²) in [6.45, 7) is 11.4. The Kier molecular flexibility index (Phi) is 10.7. The molecule has 0 saturated heterocycles. The van der Waals surface area contributed by atoms with E-state index in [1.54, 1.807) is 17.8 Å². The Morgan fingerprint density at radius 1 is 0.722 bits per heavy atom. The number of nitrogens with zero attached hydrogens (tertiary/aromatic N) is 2. The first-order valence-corrected chi connectivity index (χ1v) is 21.1. The first-order valence-electron chi connectivity index (χ1n) is 13.6. The molecule has 0 atom stereocenters. The van der Waals surface area contributed by atoms with Crippen LogP contribution in [0.5, 0.6) is 11.5 Å². The van der Waals surface area contributed by atoms with Crippen molar-refractivity contribution >= 4 is 22.0 Å². The Hall–Kier alpha value is -2.02. The van der Waals surface area contributed by atoms with Gasteiger partial charge in [-0.3, -0.25) is 0 Å². The second kappa shape index (κ2) is 13.5. The third-order valence-corrected chi connectivity index (χ3v) is 23.2. The van der Waals surface area contributed by atoms with Crippen molar-refractivity contribution in [2.45, 2.75) is 86.5 Å². The predicted octanol–water partition coefficient (Wildman–Crippen LogP) is 8.09. The van der Waals surface area contributed by atoms with Crippen molar-refractivity contribution in [3.63, 3.8) is 0 Å². The molecule has 0 N–H and O–H groups in total. The molecule has 196 valence electrons. The average Bonchev–Trinajstić information content (AvgIpc) is 3.39. The van der Waals surface area contributed by atoms with Gasteiger partial charge in [0.05, 0.1) is 0 Å². The summed E-state index contributed by atoms with van der Waals surface area (Å²) in [6, 6.07) is 10.5. The number of aromatic nitrogens is 2. The monoisotopic (exact) mass is 600 g/mol. The second-order valence-electron chi connectivity index (χ2n) is 10.1. The zero-order chi connectivity index (χ0) is 26.1. The average molecular weight is 599 g/mol. The van der Waals surface area contributed by atoms with Gasteiger partial charge < -0.3 is 0 Å². The van der Waals surface area contributed by atoms with Gasteiger partial charge in [-0.05, 0) is 0 Å². The molecule has 0 fully saturated rings. The Labute approximate surface area is 221 Å². The van der Waals surface area contributed by atoms with Crippen LogP contribution in [-0.4, -0.2) is 42.8 Å². The van der Waals surface area contributed by atoms with Crippen LogP contribution in [0.15, 0.2) is 34.7 Å². The molecule has 36 heavy (non-hydrogen) atoms. The third kappa shape index (κ3) is 6.45. The Morgan fingerprint density at radius 3 is 1.83 bits per heavy atom. The van der Waals surface area contributed by atoms with Crippen LogP contribution in [0.2, 0.25) is 13.3 Å². The summed E-state index contributed by atoms with van der Waals surface area (Å²) in [7, 11) is 3.27. The number of benzene rings is 2. The molecule has 0 bridgehead atoms. The number of hydrogen-bond donors (Lipinski definition) is 0. The molecule has 0 spiro atoms. The summed E-state index contributed by atoms with van der Waals surface area (Å²) in [6.07, 6.45) is 7.70. The SMILES string of the molecule is CCC[CH2][Sn]([CH2]CCC)([CH2]CCC)[c]1cc(C)c(C)cc1-c1nnc(-c2ccc(OC)c(OC)c2)o1. The molecule has 1 heterocycles. The minimum atomic E-state index is -2.75. The van der Waals surface area contributed by atoms with Crippen LogP contribution in [-0.2, 0) is 0 Å². The summed E-state index contributed by atoms with van der Waals surface area (Å²) < 4.78 is 23.1. The molecule has 3 rings (SSSR count). The number of ether oxygens (including phenoxy) is 2. The van der Waals surface area contributed by atoms with Gasteiger partial charge in [0.1, 0.15) is 0 Å². The van der Waals surface area contributed by atoms with Gasteiger partial charge >= 0.3 is 223 Å². The van der Waals surface area contributed by atoms with E-state index in [4.69, 9.17) is 13.9 Å². The van der Waals surface area contributed by atoms with Gasteiger partial charge in [0.25, 0.3) is 0 Å². The van der Waals surface area contributed by atoms with Crippen molar-refractivity contribution in [2.24, 2.45) is 0 Å². The molecule has 2 aromatic carbocycles. The van der Waals surface area contributed by atoms with E-state index in [1.807, 2.05) is 18.2 Å². The molecule has 0 radical (unpaired) electrons. The maximum absolute atomic E-state index is 6.39. The van der Waals surface area contributed by atoms with Crippen LogP contribution < -0.4 is 13.1 Å². The molecular weight excluding hydrogens is 555 g/mol. The van der Waals surface area contributed by atoms with Crippen molar-refractivity contribution in [1.82, 2.24) is 10.2 Å². The van der Waals surface area contributed by atoms with Crippen molar-refractivity contribution < 1.29 is 13.9 Å². The first kappa shape index (κ1) is 28.5. The number of unbranched alkanes of at least 4 members (excludes halogenated alkanes) is 3. The van der Waals surface area contributed by atoms with Crippen molar-refractivity contribution in [2.75, 3.05) is 14.2 Å². The van der Waals surface area contributed by atoms with E-state index < -0.39 is 18.4 Å². The molecule has 6 heteroatoms. The van der Waals surface area contributed by atoms with E-state index in [0.29, 0.717) is 23.3 Å². The van der Waals surface area contributed by atoms with E-state index in [-0.39, 0.29) is 0 Å². The fourth-order valence-corrected chi connectivity index (χ4v) is 22.1. The molecule has 0 aliphatic rings. The zero-order valence-corrected chi connectivity index (χ0v) is 26.2. The predicted molar refractivity (Wildman–Crippen MR) is 152 cm³/mol. The van der Waals surface area contributed by atoms with Crippen molar-refractivity contribution in [3.05, 3.63) is 41.5 Å². The van der Waals surface area contributed by atoms with E-state index in [2.05, 4.69) is 56.9 Å². The summed E-state index contributed by atoms with van der Waals surface area (Å²) in [5.41, 5.74) is 4.66. The number of methoxy groups -OCH3 is 2.